The van der Waals surface area contributed by atoms with Crippen LogP contribution in [0.2, 0.25) is 0 Å². The van der Waals surface area contributed by atoms with Crippen LogP contribution in [0.4, 0.5) is 0 Å². The van der Waals surface area contributed by atoms with Crippen LogP contribution in [0.1, 0.15) is 51.0 Å². The van der Waals surface area contributed by atoms with Gasteiger partial charge in [-0.2, -0.15) is 0 Å². The SMILES string of the molecule is C[C@]12CCCC[C@@]13C=C[C@]2(c1ccccc1)[C@@H]1C(=O)N2CCC(=O)C[C@H]2[C@@H]13. The molecule has 3 aliphatic carbocycles. The van der Waals surface area contributed by atoms with Gasteiger partial charge in [0.2, 0.25) is 5.91 Å². The van der Waals surface area contributed by atoms with E-state index in [1.165, 1.54) is 31.2 Å². The van der Waals surface area contributed by atoms with Crippen molar-refractivity contribution in [1.29, 1.82) is 0 Å². The number of carbonyl (C=O) groups excluding carboxylic acids is 2. The standard InChI is InChI=1S/C24H27NO2/c1-22-10-5-6-11-23(22)12-13-24(22,16-7-3-2-4-8-16)20-19(23)18-15-17(26)9-14-25(18)21(20)27/h2-4,7-8,12-13,18-20H,5-6,9-11,14-15H2,1H3/t18-,19-,20-,22-,23-,24-/m0/s1. The number of allylic oxidation sites excluding steroid dienone is 2. The van der Waals surface area contributed by atoms with E-state index in [1.807, 2.05) is 0 Å². The lowest BCUT2D eigenvalue weighted by molar-refractivity contribution is -0.137. The van der Waals surface area contributed by atoms with Gasteiger partial charge in [-0.3, -0.25) is 9.59 Å². The molecule has 1 aromatic rings. The Morgan fingerprint density at radius 1 is 1.04 bits per heavy atom. The minimum absolute atomic E-state index is 0.00361. The minimum atomic E-state index is -0.211. The van der Waals surface area contributed by atoms with Crippen LogP contribution in [-0.4, -0.2) is 29.2 Å². The molecule has 4 fully saturated rings. The van der Waals surface area contributed by atoms with Crippen molar-refractivity contribution >= 4 is 11.7 Å². The first-order valence-corrected chi connectivity index (χ1v) is 10.6. The Morgan fingerprint density at radius 3 is 2.63 bits per heavy atom. The maximum Gasteiger partial charge on any atom is 0.227 e. The van der Waals surface area contributed by atoms with Crippen molar-refractivity contribution in [2.45, 2.75) is 56.9 Å². The molecule has 6 atom stereocenters. The van der Waals surface area contributed by atoms with E-state index in [1.54, 1.807) is 0 Å². The molecule has 1 aromatic carbocycles. The van der Waals surface area contributed by atoms with E-state index in [0.717, 1.165) is 0 Å². The Balaban J connectivity index is 1.62. The van der Waals surface area contributed by atoms with Gasteiger partial charge in [-0.25, -0.2) is 0 Å². The molecule has 6 rings (SSSR count). The quantitative estimate of drug-likeness (QED) is 0.712. The summed E-state index contributed by atoms with van der Waals surface area (Å²) in [7, 11) is 0. The summed E-state index contributed by atoms with van der Waals surface area (Å²) in [5, 5.41) is 0. The predicted octanol–water partition coefficient (Wildman–Crippen LogP) is 3.88. The molecule has 0 aromatic heterocycles. The minimum Gasteiger partial charge on any atom is -0.338 e. The first-order valence-electron chi connectivity index (χ1n) is 10.6. The highest BCUT2D eigenvalue weighted by atomic mass is 16.2. The van der Waals surface area contributed by atoms with Crippen LogP contribution in [0, 0.1) is 22.7 Å². The van der Waals surface area contributed by atoms with E-state index < -0.39 is 0 Å². The van der Waals surface area contributed by atoms with Crippen molar-refractivity contribution < 1.29 is 9.59 Å². The Kier molecular flexibility index (Phi) is 2.94. The smallest absolute Gasteiger partial charge is 0.227 e. The van der Waals surface area contributed by atoms with E-state index in [4.69, 9.17) is 0 Å². The summed E-state index contributed by atoms with van der Waals surface area (Å²) in [4.78, 5) is 28.2. The number of hydrogen-bond donors (Lipinski definition) is 0. The Morgan fingerprint density at radius 2 is 1.81 bits per heavy atom. The average Bonchev–Trinajstić information content (AvgIpc) is 3.21. The van der Waals surface area contributed by atoms with Gasteiger partial charge in [-0.05, 0) is 23.8 Å². The number of rotatable bonds is 1. The summed E-state index contributed by atoms with van der Waals surface area (Å²) >= 11 is 0. The monoisotopic (exact) mass is 361 g/mol. The van der Waals surface area contributed by atoms with Gasteiger partial charge in [-0.15, -0.1) is 0 Å². The van der Waals surface area contributed by atoms with E-state index >= 15 is 0 Å². The predicted molar refractivity (Wildman–Crippen MR) is 103 cm³/mol. The van der Waals surface area contributed by atoms with E-state index in [9.17, 15) is 9.59 Å². The molecular formula is C24H27NO2. The zero-order valence-corrected chi connectivity index (χ0v) is 16.0. The Hall–Kier alpha value is -1.90. The van der Waals surface area contributed by atoms with Gasteiger partial charge < -0.3 is 4.90 Å². The summed E-state index contributed by atoms with van der Waals surface area (Å²) < 4.78 is 0. The van der Waals surface area contributed by atoms with Gasteiger partial charge in [0.1, 0.15) is 5.78 Å². The molecule has 0 radical (unpaired) electrons. The van der Waals surface area contributed by atoms with Gasteiger partial charge in [0.25, 0.3) is 0 Å². The lowest BCUT2D eigenvalue weighted by Crippen LogP contribution is -2.52. The summed E-state index contributed by atoms with van der Waals surface area (Å²) in [5.41, 5.74) is 1.24. The van der Waals surface area contributed by atoms with Crippen LogP contribution in [0.5, 0.6) is 0 Å². The molecule has 2 heterocycles. The fourth-order valence-corrected chi connectivity index (χ4v) is 8.25. The molecule has 0 spiro atoms. The maximum absolute atomic E-state index is 13.8. The molecule has 3 nitrogen and oxygen atoms in total. The summed E-state index contributed by atoms with van der Waals surface area (Å²) in [6.07, 6.45) is 10.9. The average molecular weight is 361 g/mol. The van der Waals surface area contributed by atoms with Gasteiger partial charge in [0.15, 0.2) is 0 Å². The molecule has 27 heavy (non-hydrogen) atoms. The van der Waals surface area contributed by atoms with Crippen LogP contribution in [0.3, 0.4) is 0 Å². The number of Topliss-reactive ketones (excluding diaryl/α,β-unsaturated/α-hetero) is 1. The third kappa shape index (κ3) is 1.55. The zero-order valence-electron chi connectivity index (χ0n) is 16.0. The highest BCUT2D eigenvalue weighted by Gasteiger charge is 2.80. The van der Waals surface area contributed by atoms with E-state index in [2.05, 4.69) is 54.3 Å². The molecule has 5 aliphatic rings. The molecule has 2 aliphatic heterocycles. The largest absolute Gasteiger partial charge is 0.338 e. The van der Waals surface area contributed by atoms with Crippen LogP contribution < -0.4 is 0 Å². The number of fused-ring (bicyclic) bond motifs is 4. The number of ketones is 1. The Labute approximate surface area is 160 Å². The zero-order chi connectivity index (χ0) is 18.4. The number of benzene rings is 1. The highest BCUT2D eigenvalue weighted by molar-refractivity contribution is 5.91. The molecule has 140 valence electrons. The lowest BCUT2D eigenvalue weighted by atomic mass is 9.52. The molecule has 2 saturated carbocycles. The van der Waals surface area contributed by atoms with Crippen LogP contribution in [0.15, 0.2) is 42.5 Å². The second kappa shape index (κ2) is 4.92. The highest BCUT2D eigenvalue weighted by Crippen LogP contribution is 2.80. The van der Waals surface area contributed by atoms with Gasteiger partial charge in [0.05, 0.1) is 5.92 Å². The first kappa shape index (κ1) is 16.1. The normalized spacial score (nSPS) is 47.1. The molecule has 1 amide bonds. The molecule has 0 unspecified atom stereocenters. The number of carbonyl (C=O) groups is 2. The second-order valence-corrected chi connectivity index (χ2v) is 9.74. The number of nitrogens with zero attached hydrogens (tertiary/aromatic N) is 1. The van der Waals surface area contributed by atoms with Crippen molar-refractivity contribution in [3.63, 3.8) is 0 Å². The third-order valence-electron chi connectivity index (χ3n) is 9.23. The molecule has 2 bridgehead atoms. The van der Waals surface area contributed by atoms with Crippen LogP contribution in [0.25, 0.3) is 0 Å². The fourth-order valence-electron chi connectivity index (χ4n) is 8.25. The van der Waals surface area contributed by atoms with Gasteiger partial charge in [0, 0.05) is 42.2 Å². The molecule has 2 saturated heterocycles. The second-order valence-electron chi connectivity index (χ2n) is 9.74. The Bertz CT molecular complexity index is 876. The lowest BCUT2D eigenvalue weighted by Gasteiger charge is -2.52. The van der Waals surface area contributed by atoms with Crippen LogP contribution >= 0.6 is 0 Å². The fraction of sp³-hybridized carbons (Fsp3) is 0.583. The summed E-state index contributed by atoms with van der Waals surface area (Å²) in [6.45, 7) is 3.09. The topological polar surface area (TPSA) is 37.4 Å². The molecule has 0 N–H and O–H groups in total. The van der Waals surface area contributed by atoms with Crippen LogP contribution in [-0.2, 0) is 15.0 Å². The summed E-state index contributed by atoms with van der Waals surface area (Å²) in [5.74, 6) is 0.966. The van der Waals surface area contributed by atoms with Crippen molar-refractivity contribution in [2.75, 3.05) is 6.54 Å². The molecule has 3 heteroatoms. The van der Waals surface area contributed by atoms with Crippen molar-refractivity contribution in [2.24, 2.45) is 22.7 Å². The maximum atomic E-state index is 13.8. The van der Waals surface area contributed by atoms with Crippen molar-refractivity contribution in [3.05, 3.63) is 48.0 Å². The van der Waals surface area contributed by atoms with Gasteiger partial charge in [-0.1, -0.05) is 62.2 Å². The first-order chi connectivity index (χ1) is 13.1. The number of amides is 1. The number of hydrogen-bond acceptors (Lipinski definition) is 2. The third-order valence-corrected chi connectivity index (χ3v) is 9.23. The summed E-state index contributed by atoms with van der Waals surface area (Å²) in [6, 6.07) is 10.9. The van der Waals surface area contributed by atoms with Gasteiger partial charge >= 0.3 is 0 Å². The number of piperidine rings is 1. The van der Waals surface area contributed by atoms with E-state index in [0.29, 0.717) is 37.0 Å². The van der Waals surface area contributed by atoms with Crippen molar-refractivity contribution in [1.82, 2.24) is 4.90 Å². The van der Waals surface area contributed by atoms with E-state index in [-0.39, 0.29) is 28.2 Å². The van der Waals surface area contributed by atoms with Crippen molar-refractivity contribution in [3.8, 4) is 0 Å². The molecular weight excluding hydrogens is 334 g/mol.